The molecule has 2 rings (SSSR count). The third-order valence-corrected chi connectivity index (χ3v) is 4.61. The number of hydrogen-bond acceptors (Lipinski definition) is 4. The summed E-state index contributed by atoms with van der Waals surface area (Å²) < 4.78 is 31.4. The summed E-state index contributed by atoms with van der Waals surface area (Å²) in [4.78, 5) is 11.8. The van der Waals surface area contributed by atoms with Crippen LogP contribution in [0.1, 0.15) is 33.6 Å². The molecule has 98 valence electrons. The summed E-state index contributed by atoms with van der Waals surface area (Å²) in [6.07, 6.45) is 1.00. The van der Waals surface area contributed by atoms with Crippen LogP contribution in [0, 0.1) is 0 Å². The van der Waals surface area contributed by atoms with Gasteiger partial charge < -0.3 is 4.74 Å². The largest absolute Gasteiger partial charge is 0.443 e. The van der Waals surface area contributed by atoms with Crippen LogP contribution in [0.25, 0.3) is 0 Å². The number of rotatable bonds is 1. The van der Waals surface area contributed by atoms with E-state index < -0.39 is 21.9 Å². The van der Waals surface area contributed by atoms with Gasteiger partial charge in [0, 0.05) is 12.6 Å². The molecular formula is C10H18N2O4S. The number of hydrogen-bond donors (Lipinski definition) is 0. The van der Waals surface area contributed by atoms with Crippen molar-refractivity contribution in [3.8, 4) is 0 Å². The van der Waals surface area contributed by atoms with Gasteiger partial charge in [-0.15, -0.1) is 0 Å². The standard InChI is InChI=1S/C10H18N2O4S/c1-10(2,3)16-9(13)12-7-6-11(8-4-5-8)17(12,14)15/h8H,4-7H2,1-3H3. The highest BCUT2D eigenvalue weighted by Gasteiger charge is 2.47. The predicted octanol–water partition coefficient (Wildman–Crippen LogP) is 0.946. The first-order chi connectivity index (χ1) is 7.72. The second-order valence-electron chi connectivity index (χ2n) is 5.40. The zero-order chi connectivity index (χ0) is 12.8. The van der Waals surface area contributed by atoms with Gasteiger partial charge in [0.15, 0.2) is 0 Å². The van der Waals surface area contributed by atoms with E-state index in [9.17, 15) is 13.2 Å². The van der Waals surface area contributed by atoms with Crippen LogP contribution in [0.15, 0.2) is 0 Å². The first kappa shape index (κ1) is 12.6. The molecule has 1 aliphatic heterocycles. The third kappa shape index (κ3) is 2.55. The minimum absolute atomic E-state index is 0.0902. The molecule has 0 N–H and O–H groups in total. The van der Waals surface area contributed by atoms with E-state index in [2.05, 4.69) is 0 Å². The molecule has 0 aromatic carbocycles. The lowest BCUT2D eigenvalue weighted by Crippen LogP contribution is -2.40. The smallest absolute Gasteiger partial charge is 0.425 e. The molecule has 0 unspecified atom stereocenters. The van der Waals surface area contributed by atoms with E-state index in [0.29, 0.717) is 6.54 Å². The van der Waals surface area contributed by atoms with E-state index in [4.69, 9.17) is 4.74 Å². The zero-order valence-corrected chi connectivity index (χ0v) is 11.2. The van der Waals surface area contributed by atoms with E-state index >= 15 is 0 Å². The van der Waals surface area contributed by atoms with Crippen LogP contribution in [0.5, 0.6) is 0 Å². The Morgan fingerprint density at radius 1 is 1.24 bits per heavy atom. The Bertz CT molecular complexity index is 422. The Labute approximate surface area is 102 Å². The van der Waals surface area contributed by atoms with Crippen LogP contribution >= 0.6 is 0 Å². The molecule has 0 radical (unpaired) electrons. The molecule has 1 amide bonds. The van der Waals surface area contributed by atoms with Gasteiger partial charge in [-0.05, 0) is 33.6 Å². The quantitative estimate of drug-likeness (QED) is 0.705. The van der Waals surface area contributed by atoms with E-state index in [1.807, 2.05) is 0 Å². The molecule has 1 aliphatic carbocycles. The lowest BCUT2D eigenvalue weighted by Gasteiger charge is -2.24. The first-order valence-corrected chi connectivity index (χ1v) is 7.14. The van der Waals surface area contributed by atoms with Crippen molar-refractivity contribution in [2.45, 2.75) is 45.3 Å². The third-order valence-electron chi connectivity index (χ3n) is 2.65. The van der Waals surface area contributed by atoms with E-state index in [-0.39, 0.29) is 12.6 Å². The van der Waals surface area contributed by atoms with Gasteiger partial charge in [-0.2, -0.15) is 17.0 Å². The lowest BCUT2D eigenvalue weighted by atomic mass is 10.2. The fourth-order valence-corrected chi connectivity index (χ4v) is 3.47. The van der Waals surface area contributed by atoms with Gasteiger partial charge >= 0.3 is 16.3 Å². The molecule has 0 atom stereocenters. The number of carbonyl (C=O) groups excluding carboxylic acids is 1. The minimum Gasteiger partial charge on any atom is -0.443 e. The summed E-state index contributed by atoms with van der Waals surface area (Å²) in [5.41, 5.74) is -0.681. The Hall–Kier alpha value is -0.820. The SMILES string of the molecule is CC(C)(C)OC(=O)N1CCN(C2CC2)S1(=O)=O. The van der Waals surface area contributed by atoms with Crippen LogP contribution in [0.3, 0.4) is 0 Å². The molecule has 1 saturated carbocycles. The van der Waals surface area contributed by atoms with Crippen molar-refractivity contribution in [1.82, 2.24) is 8.61 Å². The van der Waals surface area contributed by atoms with Crippen molar-refractivity contribution < 1.29 is 17.9 Å². The lowest BCUT2D eigenvalue weighted by molar-refractivity contribution is 0.0405. The molecule has 1 heterocycles. The van der Waals surface area contributed by atoms with Crippen LogP contribution in [-0.4, -0.2) is 47.9 Å². The molecule has 7 heteroatoms. The highest BCUT2D eigenvalue weighted by molar-refractivity contribution is 7.87. The number of carbonyl (C=O) groups is 1. The molecule has 2 fully saturated rings. The average molecular weight is 262 g/mol. The highest BCUT2D eigenvalue weighted by atomic mass is 32.2. The van der Waals surface area contributed by atoms with Gasteiger partial charge in [0.1, 0.15) is 5.60 Å². The van der Waals surface area contributed by atoms with Gasteiger partial charge in [0.25, 0.3) is 0 Å². The summed E-state index contributed by atoms with van der Waals surface area (Å²) >= 11 is 0. The molecule has 0 spiro atoms. The Balaban J connectivity index is 2.10. The monoisotopic (exact) mass is 262 g/mol. The molecule has 17 heavy (non-hydrogen) atoms. The summed E-state index contributed by atoms with van der Waals surface area (Å²) in [6, 6.07) is 0.0902. The van der Waals surface area contributed by atoms with E-state index in [0.717, 1.165) is 17.1 Å². The summed E-state index contributed by atoms with van der Waals surface area (Å²) in [7, 11) is -3.64. The maximum Gasteiger partial charge on any atom is 0.425 e. The highest BCUT2D eigenvalue weighted by Crippen LogP contribution is 2.33. The Kier molecular flexibility index (Phi) is 2.86. The summed E-state index contributed by atoms with van der Waals surface area (Å²) in [5, 5.41) is 0. The number of nitrogens with zero attached hydrogens (tertiary/aromatic N) is 2. The average Bonchev–Trinajstić information content (AvgIpc) is 2.87. The van der Waals surface area contributed by atoms with Crippen molar-refractivity contribution in [2.75, 3.05) is 13.1 Å². The molecule has 6 nitrogen and oxygen atoms in total. The Morgan fingerprint density at radius 2 is 1.82 bits per heavy atom. The van der Waals surface area contributed by atoms with Gasteiger partial charge in [-0.1, -0.05) is 0 Å². The van der Waals surface area contributed by atoms with Crippen LogP contribution in [-0.2, 0) is 14.9 Å². The summed E-state index contributed by atoms with van der Waals surface area (Å²) in [5.74, 6) is 0. The molecule has 1 saturated heterocycles. The van der Waals surface area contributed by atoms with Crippen molar-refractivity contribution in [1.29, 1.82) is 0 Å². The van der Waals surface area contributed by atoms with Crippen LogP contribution in [0.4, 0.5) is 4.79 Å². The van der Waals surface area contributed by atoms with Crippen molar-refractivity contribution in [3.63, 3.8) is 0 Å². The maximum atomic E-state index is 12.1. The Morgan fingerprint density at radius 3 is 2.29 bits per heavy atom. The van der Waals surface area contributed by atoms with Gasteiger partial charge in [0.05, 0.1) is 6.54 Å². The van der Waals surface area contributed by atoms with Gasteiger partial charge in [0.2, 0.25) is 0 Å². The fourth-order valence-electron chi connectivity index (χ4n) is 1.78. The fraction of sp³-hybridized carbons (Fsp3) is 0.900. The first-order valence-electron chi connectivity index (χ1n) is 5.74. The van der Waals surface area contributed by atoms with Crippen LogP contribution in [0.2, 0.25) is 0 Å². The molecule has 0 aromatic rings. The van der Waals surface area contributed by atoms with Crippen molar-refractivity contribution >= 4 is 16.3 Å². The number of ether oxygens (including phenoxy) is 1. The topological polar surface area (TPSA) is 66.9 Å². The zero-order valence-electron chi connectivity index (χ0n) is 10.3. The van der Waals surface area contributed by atoms with Gasteiger partial charge in [-0.25, -0.2) is 4.79 Å². The second kappa shape index (κ2) is 3.84. The second-order valence-corrected chi connectivity index (χ2v) is 7.21. The van der Waals surface area contributed by atoms with Crippen molar-refractivity contribution in [3.05, 3.63) is 0 Å². The predicted molar refractivity (Wildman–Crippen MR) is 61.6 cm³/mol. The molecular weight excluding hydrogens is 244 g/mol. The molecule has 0 aromatic heterocycles. The molecule has 0 bridgehead atoms. The van der Waals surface area contributed by atoms with E-state index in [1.165, 1.54) is 4.31 Å². The summed E-state index contributed by atoms with van der Waals surface area (Å²) in [6.45, 7) is 5.71. The van der Waals surface area contributed by atoms with Crippen LogP contribution < -0.4 is 0 Å². The normalized spacial score (nSPS) is 25.0. The maximum absolute atomic E-state index is 12.1. The molecule has 2 aliphatic rings. The van der Waals surface area contributed by atoms with Crippen molar-refractivity contribution in [2.24, 2.45) is 0 Å². The van der Waals surface area contributed by atoms with Gasteiger partial charge in [-0.3, -0.25) is 0 Å². The minimum atomic E-state index is -3.64. The number of amides is 1. The van der Waals surface area contributed by atoms with E-state index in [1.54, 1.807) is 20.8 Å².